The summed E-state index contributed by atoms with van der Waals surface area (Å²) in [6.45, 7) is 2.04. The molecule has 94 valence electrons. The highest BCUT2D eigenvalue weighted by atomic mass is 32.1. The predicted octanol–water partition coefficient (Wildman–Crippen LogP) is 2.63. The lowest BCUT2D eigenvalue weighted by Gasteiger charge is -2.06. The molecule has 0 heterocycles. The van der Waals surface area contributed by atoms with E-state index in [4.69, 9.17) is 5.26 Å². The third kappa shape index (κ3) is 2.95. The van der Waals surface area contributed by atoms with Crippen LogP contribution in [0.2, 0.25) is 0 Å². The van der Waals surface area contributed by atoms with Crippen molar-refractivity contribution >= 4 is 35.6 Å². The van der Waals surface area contributed by atoms with Crippen LogP contribution in [-0.2, 0) is 17.6 Å². The molecule has 0 aromatic heterocycles. The molecule has 0 saturated heterocycles. The molecule has 3 nitrogen and oxygen atoms in total. The van der Waals surface area contributed by atoms with Crippen molar-refractivity contribution in [2.24, 2.45) is 0 Å². The third-order valence-electron chi connectivity index (χ3n) is 2.79. The van der Waals surface area contributed by atoms with Gasteiger partial charge in [-0.1, -0.05) is 35.9 Å². The van der Waals surface area contributed by atoms with Crippen molar-refractivity contribution in [2.75, 3.05) is 0 Å². The van der Waals surface area contributed by atoms with Crippen LogP contribution in [0, 0.1) is 18.3 Å². The summed E-state index contributed by atoms with van der Waals surface area (Å²) in [5.74, 6) is -0.554. The minimum atomic E-state index is -0.554. The van der Waals surface area contributed by atoms with Crippen LogP contribution < -0.4 is 4.72 Å². The molecule has 0 aliphatic rings. The zero-order valence-corrected chi connectivity index (χ0v) is 11.1. The van der Waals surface area contributed by atoms with Gasteiger partial charge in [-0.25, -0.2) is 0 Å². The average molecular weight is 267 g/mol. The van der Waals surface area contributed by atoms with Gasteiger partial charge >= 0.3 is 0 Å². The van der Waals surface area contributed by atoms with Crippen molar-refractivity contribution in [3.8, 4) is 6.07 Å². The number of benzene rings is 2. The lowest BCUT2D eigenvalue weighted by Crippen LogP contribution is -2.17. The fourth-order valence-corrected chi connectivity index (χ4v) is 1.95. The van der Waals surface area contributed by atoms with Crippen molar-refractivity contribution in [1.29, 1.82) is 5.26 Å². The van der Waals surface area contributed by atoms with Gasteiger partial charge in [0.1, 0.15) is 11.6 Å². The number of nitrogens with one attached hydrogen (secondary N) is 1. The van der Waals surface area contributed by atoms with Gasteiger partial charge < -0.3 is 17.5 Å². The fourth-order valence-electron chi connectivity index (χ4n) is 1.84. The van der Waals surface area contributed by atoms with Gasteiger partial charge in [-0.05, 0) is 35.4 Å². The highest BCUT2D eigenvalue weighted by Gasteiger charge is 2.04. The molecule has 0 bridgehead atoms. The Bertz CT molecular complexity index is 714. The lowest BCUT2D eigenvalue weighted by molar-refractivity contribution is -0.115. The first kappa shape index (κ1) is 13.2. The maximum Gasteiger partial charge on any atom is 0.240 e. The number of carbonyl (C=O) groups excluding carboxylic acids is 1. The second-order valence-corrected chi connectivity index (χ2v) is 4.42. The summed E-state index contributed by atoms with van der Waals surface area (Å²) in [7, 11) is 0. The van der Waals surface area contributed by atoms with E-state index in [1.54, 1.807) is 0 Å². The van der Waals surface area contributed by atoms with Gasteiger partial charge in [0.2, 0.25) is 5.91 Å². The smallest absolute Gasteiger partial charge is 0.240 e. The Morgan fingerprint density at radius 2 is 1.95 bits per heavy atom. The number of aryl methyl sites for hydroxylation is 1. The largest absolute Gasteiger partial charge is 0.667 e. The van der Waals surface area contributed by atoms with E-state index >= 15 is 0 Å². The first-order chi connectivity index (χ1) is 9.13. The average Bonchev–Trinajstić information content (AvgIpc) is 2.44. The molecule has 0 atom stereocenters. The van der Waals surface area contributed by atoms with E-state index in [0.29, 0.717) is 0 Å². The molecule has 0 saturated carbocycles. The topological polar surface area (TPSA) is 52.9 Å². The Hall–Kier alpha value is -2.25. The molecular weight excluding hydrogens is 256 g/mol. The quantitative estimate of drug-likeness (QED) is 0.517. The number of nitrogens with zero attached hydrogens (tertiary/aromatic N) is 1. The Labute approximate surface area is 117 Å². The van der Waals surface area contributed by atoms with Gasteiger partial charge in [-0.3, -0.25) is 4.79 Å². The van der Waals surface area contributed by atoms with Crippen LogP contribution >= 0.6 is 0 Å². The van der Waals surface area contributed by atoms with E-state index in [2.05, 4.69) is 18.9 Å². The minimum absolute atomic E-state index is 0.00135. The molecule has 0 unspecified atom stereocenters. The maximum absolute atomic E-state index is 11.3. The molecule has 0 radical (unpaired) electrons. The second kappa shape index (κ2) is 5.59. The summed E-state index contributed by atoms with van der Waals surface area (Å²) < 4.78 is 2.03. The summed E-state index contributed by atoms with van der Waals surface area (Å²) in [5, 5.41) is 11.1. The Kier molecular flexibility index (Phi) is 3.88. The molecular formula is C15H11N2OS-. The number of carbonyl (C=O) groups is 1. The molecule has 2 aromatic carbocycles. The molecule has 4 heteroatoms. The number of nitriles is 1. The molecule has 2 aromatic rings. The van der Waals surface area contributed by atoms with E-state index in [9.17, 15) is 4.79 Å². The predicted molar refractivity (Wildman–Crippen MR) is 77.8 cm³/mol. The Morgan fingerprint density at radius 3 is 2.63 bits per heavy atom. The number of hydrogen-bond donors (Lipinski definition) is 1. The molecule has 0 fully saturated rings. The van der Waals surface area contributed by atoms with Crippen molar-refractivity contribution < 1.29 is 4.79 Å². The van der Waals surface area contributed by atoms with Crippen LogP contribution in [-0.4, -0.2) is 5.91 Å². The summed E-state index contributed by atoms with van der Waals surface area (Å²) in [6.07, 6.45) is 1.53. The van der Waals surface area contributed by atoms with Gasteiger partial charge in [-0.15, -0.1) is 0 Å². The SMILES string of the molecule is Cc1ccc2cc(/C=C(\C#N)C(=O)N[S-])ccc2c1. The first-order valence-corrected chi connectivity index (χ1v) is 6.09. The molecule has 0 aliphatic carbocycles. The van der Waals surface area contributed by atoms with Crippen LogP contribution in [0.1, 0.15) is 11.1 Å². The summed E-state index contributed by atoms with van der Waals surface area (Å²) >= 11 is 4.43. The van der Waals surface area contributed by atoms with Crippen molar-refractivity contribution in [2.45, 2.75) is 6.92 Å². The maximum atomic E-state index is 11.3. The van der Waals surface area contributed by atoms with E-state index in [0.717, 1.165) is 16.3 Å². The molecule has 1 N–H and O–H groups in total. The Morgan fingerprint density at radius 1 is 1.26 bits per heavy atom. The number of hydrogen-bond acceptors (Lipinski definition) is 3. The number of rotatable bonds is 2. The van der Waals surface area contributed by atoms with Crippen LogP contribution in [0.25, 0.3) is 16.8 Å². The summed E-state index contributed by atoms with van der Waals surface area (Å²) in [5.41, 5.74) is 1.99. The number of amides is 1. The van der Waals surface area contributed by atoms with Gasteiger partial charge in [0.05, 0.1) is 0 Å². The van der Waals surface area contributed by atoms with E-state index in [-0.39, 0.29) is 5.57 Å². The van der Waals surface area contributed by atoms with E-state index < -0.39 is 5.91 Å². The van der Waals surface area contributed by atoms with Crippen molar-refractivity contribution in [1.82, 2.24) is 4.72 Å². The highest BCUT2D eigenvalue weighted by Crippen LogP contribution is 2.19. The van der Waals surface area contributed by atoms with Gasteiger partial charge in [-0.2, -0.15) is 5.26 Å². The normalized spacial score (nSPS) is 11.1. The molecule has 0 aliphatic heterocycles. The zero-order chi connectivity index (χ0) is 13.8. The van der Waals surface area contributed by atoms with Crippen LogP contribution in [0.4, 0.5) is 0 Å². The van der Waals surface area contributed by atoms with E-state index in [1.807, 2.05) is 48.0 Å². The van der Waals surface area contributed by atoms with Crippen molar-refractivity contribution in [3.05, 3.63) is 53.1 Å². The summed E-state index contributed by atoms with van der Waals surface area (Å²) in [4.78, 5) is 11.3. The van der Waals surface area contributed by atoms with Crippen LogP contribution in [0.5, 0.6) is 0 Å². The molecule has 1 amide bonds. The summed E-state index contributed by atoms with van der Waals surface area (Å²) in [6, 6.07) is 13.7. The van der Waals surface area contributed by atoms with E-state index in [1.165, 1.54) is 11.6 Å². The highest BCUT2D eigenvalue weighted by molar-refractivity contribution is 7.57. The van der Waals surface area contributed by atoms with Gasteiger partial charge in [0.25, 0.3) is 0 Å². The minimum Gasteiger partial charge on any atom is -0.667 e. The van der Waals surface area contributed by atoms with Gasteiger partial charge in [0.15, 0.2) is 0 Å². The van der Waals surface area contributed by atoms with Crippen molar-refractivity contribution in [3.63, 3.8) is 0 Å². The first-order valence-electron chi connectivity index (χ1n) is 5.69. The standard InChI is InChI=1S/C15H11N2OS/c1-10-2-4-13-7-11(3-5-12(13)6-10)8-14(9-16)15(18)17-19/h2-8H,1H3,(H-,17,18,19)/q-1/b14-8+. The van der Waals surface area contributed by atoms with Gasteiger partial charge in [0, 0.05) is 0 Å². The molecule has 2 rings (SSSR count). The fraction of sp³-hybridized carbons (Fsp3) is 0.0667. The van der Waals surface area contributed by atoms with Crippen LogP contribution in [0.3, 0.4) is 0 Å². The third-order valence-corrected chi connectivity index (χ3v) is 2.97. The lowest BCUT2D eigenvalue weighted by atomic mass is 10.0. The molecule has 0 spiro atoms. The monoisotopic (exact) mass is 267 g/mol. The number of fused-ring (bicyclic) bond motifs is 1. The van der Waals surface area contributed by atoms with Crippen LogP contribution in [0.15, 0.2) is 42.0 Å². The zero-order valence-electron chi connectivity index (χ0n) is 10.3. The Balaban J connectivity index is 2.47. The molecule has 19 heavy (non-hydrogen) atoms. The second-order valence-electron chi connectivity index (χ2n) is 4.21.